The van der Waals surface area contributed by atoms with Gasteiger partial charge < -0.3 is 9.47 Å². The van der Waals surface area contributed by atoms with Gasteiger partial charge >= 0.3 is 0 Å². The Kier molecular flexibility index (Phi) is 6.74. The molecule has 0 amide bonds. The van der Waals surface area contributed by atoms with Crippen molar-refractivity contribution >= 4 is 11.6 Å². The van der Waals surface area contributed by atoms with E-state index in [4.69, 9.17) is 21.1 Å². The number of para-hydroxylation sites is 2. The summed E-state index contributed by atoms with van der Waals surface area (Å²) in [5, 5.41) is 6.97. The highest BCUT2D eigenvalue weighted by atomic mass is 35.5. The first-order valence-electron chi connectivity index (χ1n) is 14.0. The standard InChI is InChI=1S/C17H13ClN2O2.C17H13FN2O2/c2*1-10-15-16(13-4-2-3-5-14(13)22-10)19-20(17(15)21)12-8-6-11(18)7-9-12/h2*2-10,19H,1H3. The first-order valence-corrected chi connectivity index (χ1v) is 14.4. The van der Waals surface area contributed by atoms with Crippen LogP contribution in [0.3, 0.4) is 0 Å². The SMILES string of the molecule is CC1Oc2ccccc2-c2[nH]n(-c3ccc(Cl)cc3)c(=O)c21.CC1Oc2ccccc2-c2[nH]n(-c3ccc(F)cc3)c(=O)c21. The molecule has 2 aliphatic heterocycles. The molecule has 2 unspecified atom stereocenters. The molecule has 0 aliphatic carbocycles. The summed E-state index contributed by atoms with van der Waals surface area (Å²) in [5.41, 5.74) is 5.62. The number of aromatic nitrogens is 4. The maximum Gasteiger partial charge on any atom is 0.278 e. The van der Waals surface area contributed by atoms with Crippen LogP contribution in [-0.2, 0) is 0 Å². The van der Waals surface area contributed by atoms with Crippen LogP contribution in [-0.4, -0.2) is 19.6 Å². The monoisotopic (exact) mass is 608 g/mol. The fourth-order valence-corrected chi connectivity index (χ4v) is 5.79. The molecule has 0 fully saturated rings. The van der Waals surface area contributed by atoms with Crippen LogP contribution < -0.4 is 20.6 Å². The zero-order chi connectivity index (χ0) is 30.5. The van der Waals surface area contributed by atoms with Gasteiger partial charge in [-0.3, -0.25) is 19.8 Å². The number of nitrogens with one attached hydrogen (secondary N) is 2. The lowest BCUT2D eigenvalue weighted by molar-refractivity contribution is 0.222. The Balaban J connectivity index is 0.000000142. The van der Waals surface area contributed by atoms with E-state index in [1.165, 1.54) is 21.5 Å². The molecule has 44 heavy (non-hydrogen) atoms. The van der Waals surface area contributed by atoms with Crippen molar-refractivity contribution in [2.45, 2.75) is 26.1 Å². The maximum atomic E-state index is 13.1. The summed E-state index contributed by atoms with van der Waals surface area (Å²) >= 11 is 5.91. The van der Waals surface area contributed by atoms with E-state index < -0.39 is 0 Å². The van der Waals surface area contributed by atoms with E-state index in [1.807, 2.05) is 74.5 Å². The molecule has 8 rings (SSSR count). The molecule has 0 spiro atoms. The minimum absolute atomic E-state index is 0.0978. The third-order valence-corrected chi connectivity index (χ3v) is 8.01. The lowest BCUT2D eigenvalue weighted by atomic mass is 10.0. The van der Waals surface area contributed by atoms with Gasteiger partial charge in [0.15, 0.2) is 0 Å². The van der Waals surface area contributed by atoms with Crippen molar-refractivity contribution in [3.63, 3.8) is 0 Å². The zero-order valence-corrected chi connectivity index (χ0v) is 24.4. The predicted octanol–water partition coefficient (Wildman–Crippen LogP) is 7.36. The van der Waals surface area contributed by atoms with Crippen LogP contribution in [0.25, 0.3) is 33.9 Å². The number of rotatable bonds is 2. The van der Waals surface area contributed by atoms with Crippen molar-refractivity contribution in [3.05, 3.63) is 140 Å². The van der Waals surface area contributed by atoms with E-state index in [0.717, 1.165) is 39.7 Å². The number of hydrogen-bond donors (Lipinski definition) is 2. The summed E-state index contributed by atoms with van der Waals surface area (Å²) in [6.07, 6.45) is -0.627. The number of aromatic amines is 2. The Bertz CT molecular complexity index is 1970. The van der Waals surface area contributed by atoms with Gasteiger partial charge in [-0.15, -0.1) is 0 Å². The van der Waals surface area contributed by atoms with Crippen molar-refractivity contribution in [2.75, 3.05) is 0 Å². The number of hydrogen-bond acceptors (Lipinski definition) is 4. The Morgan fingerprint density at radius 1 is 0.636 bits per heavy atom. The van der Waals surface area contributed by atoms with E-state index in [-0.39, 0.29) is 29.1 Å². The highest BCUT2D eigenvalue weighted by Gasteiger charge is 2.30. The molecule has 0 saturated heterocycles. The first-order chi connectivity index (χ1) is 21.3. The highest BCUT2D eigenvalue weighted by Crippen LogP contribution is 2.41. The summed E-state index contributed by atoms with van der Waals surface area (Å²) in [7, 11) is 0. The fraction of sp³-hybridized carbons (Fsp3) is 0.118. The molecule has 6 aromatic rings. The van der Waals surface area contributed by atoms with Crippen LogP contribution in [0.5, 0.6) is 11.5 Å². The van der Waals surface area contributed by atoms with E-state index in [0.29, 0.717) is 21.8 Å². The molecule has 4 heterocycles. The molecule has 0 saturated carbocycles. The molecular weight excluding hydrogens is 583 g/mol. The minimum Gasteiger partial charge on any atom is -0.485 e. The average Bonchev–Trinajstić information content (AvgIpc) is 3.57. The summed E-state index contributed by atoms with van der Waals surface area (Å²) in [6, 6.07) is 28.2. The number of ether oxygens (including phenoxy) is 2. The zero-order valence-electron chi connectivity index (χ0n) is 23.7. The van der Waals surface area contributed by atoms with E-state index >= 15 is 0 Å². The third kappa shape index (κ3) is 4.62. The highest BCUT2D eigenvalue weighted by molar-refractivity contribution is 6.30. The Labute approximate surface area is 255 Å². The number of fused-ring (bicyclic) bond motifs is 6. The van der Waals surface area contributed by atoms with Crippen LogP contribution in [0, 0.1) is 5.82 Å². The minimum atomic E-state index is -0.338. The predicted molar refractivity (Wildman–Crippen MR) is 167 cm³/mol. The second-order valence-electron chi connectivity index (χ2n) is 10.5. The molecule has 4 aromatic carbocycles. The van der Waals surface area contributed by atoms with Gasteiger partial charge in [-0.25, -0.2) is 13.8 Å². The fourth-order valence-electron chi connectivity index (χ4n) is 5.66. The molecule has 0 radical (unpaired) electrons. The van der Waals surface area contributed by atoms with Gasteiger partial charge in [0.1, 0.15) is 29.5 Å². The number of halogens is 2. The molecule has 2 aromatic heterocycles. The van der Waals surface area contributed by atoms with Crippen LogP contribution >= 0.6 is 11.6 Å². The average molecular weight is 609 g/mol. The first kappa shape index (κ1) is 27.5. The lowest BCUT2D eigenvalue weighted by Crippen LogP contribution is -2.21. The van der Waals surface area contributed by atoms with Gasteiger partial charge in [0.2, 0.25) is 0 Å². The van der Waals surface area contributed by atoms with E-state index in [9.17, 15) is 14.0 Å². The molecule has 2 N–H and O–H groups in total. The molecule has 0 bridgehead atoms. The summed E-state index contributed by atoms with van der Waals surface area (Å²) in [4.78, 5) is 25.4. The van der Waals surface area contributed by atoms with Gasteiger partial charge in [0, 0.05) is 16.1 Å². The third-order valence-electron chi connectivity index (χ3n) is 7.76. The largest absolute Gasteiger partial charge is 0.485 e. The van der Waals surface area contributed by atoms with Gasteiger partial charge in [-0.05, 0) is 86.6 Å². The van der Waals surface area contributed by atoms with Crippen molar-refractivity contribution in [3.8, 4) is 45.4 Å². The van der Waals surface area contributed by atoms with Gasteiger partial charge in [-0.2, -0.15) is 0 Å². The molecule has 220 valence electrons. The molecule has 10 heteroatoms. The lowest BCUT2D eigenvalue weighted by Gasteiger charge is -2.22. The Morgan fingerprint density at radius 3 is 1.50 bits per heavy atom. The maximum absolute atomic E-state index is 13.1. The van der Waals surface area contributed by atoms with E-state index in [2.05, 4.69) is 10.2 Å². The van der Waals surface area contributed by atoms with Crippen LogP contribution in [0.4, 0.5) is 4.39 Å². The molecule has 2 atom stereocenters. The molecule has 2 aliphatic rings. The van der Waals surface area contributed by atoms with Crippen molar-refractivity contribution in [1.82, 2.24) is 19.6 Å². The van der Waals surface area contributed by atoms with Gasteiger partial charge in [-0.1, -0.05) is 35.9 Å². The Hall–Kier alpha value is -5.28. The van der Waals surface area contributed by atoms with Crippen molar-refractivity contribution < 1.29 is 13.9 Å². The summed E-state index contributed by atoms with van der Waals surface area (Å²) in [5.74, 6) is 1.19. The van der Waals surface area contributed by atoms with Gasteiger partial charge in [0.05, 0.1) is 33.9 Å². The smallest absolute Gasteiger partial charge is 0.278 e. The summed E-state index contributed by atoms with van der Waals surface area (Å²) in [6.45, 7) is 3.73. The second kappa shape index (κ2) is 10.8. The van der Waals surface area contributed by atoms with Crippen LogP contribution in [0.2, 0.25) is 5.02 Å². The van der Waals surface area contributed by atoms with Gasteiger partial charge in [0.25, 0.3) is 11.1 Å². The summed E-state index contributed by atoms with van der Waals surface area (Å²) < 4.78 is 27.7. The quantitative estimate of drug-likeness (QED) is 0.215. The number of H-pyrrole nitrogens is 2. The van der Waals surface area contributed by atoms with Crippen LogP contribution in [0.1, 0.15) is 37.2 Å². The van der Waals surface area contributed by atoms with Crippen molar-refractivity contribution in [1.29, 1.82) is 0 Å². The molecule has 8 nitrogen and oxygen atoms in total. The number of benzene rings is 4. The Morgan fingerprint density at radius 2 is 1.05 bits per heavy atom. The normalized spacial score (nSPS) is 15.8. The van der Waals surface area contributed by atoms with Crippen molar-refractivity contribution in [2.24, 2.45) is 0 Å². The van der Waals surface area contributed by atoms with Crippen LogP contribution in [0.15, 0.2) is 107 Å². The molecular formula is C34H26ClFN4O4. The number of nitrogens with zero attached hydrogens (tertiary/aromatic N) is 2. The van der Waals surface area contributed by atoms with E-state index in [1.54, 1.807) is 24.3 Å². The topological polar surface area (TPSA) is 94.0 Å². The second-order valence-corrected chi connectivity index (χ2v) is 11.0.